The SMILES string of the molecule is CN(C)[C@H]1C(=O)C(C(N)=O)=C(O)[C@@]2(O)C(=O)C3=C(O)c4c(O)ccc(-c5cccc(CC(=O)c6ccno6)c5)c4C[C@H]3C[C@@H]12. The van der Waals surface area contributed by atoms with Crippen molar-refractivity contribution in [2.24, 2.45) is 17.6 Å². The van der Waals surface area contributed by atoms with Crippen LogP contribution in [0.15, 0.2) is 70.1 Å². The number of rotatable bonds is 6. The smallest absolute Gasteiger partial charge is 0.255 e. The van der Waals surface area contributed by atoms with Gasteiger partial charge in [0.2, 0.25) is 17.3 Å². The molecule has 1 amide bonds. The molecule has 2 aromatic carbocycles. The molecule has 0 unspecified atom stereocenters. The van der Waals surface area contributed by atoms with E-state index in [0.717, 1.165) is 0 Å². The number of hydrogen-bond donors (Lipinski definition) is 5. The van der Waals surface area contributed by atoms with E-state index in [9.17, 15) is 39.6 Å². The molecule has 1 heterocycles. The maximum Gasteiger partial charge on any atom is 0.255 e. The average molecular weight is 600 g/mol. The van der Waals surface area contributed by atoms with Gasteiger partial charge in [-0.25, -0.2) is 0 Å². The number of phenolic OH excluding ortho intramolecular Hbond substituents is 1. The number of aliphatic hydroxyl groups excluding tert-OH is 2. The molecule has 44 heavy (non-hydrogen) atoms. The quantitative estimate of drug-likeness (QED) is 0.205. The van der Waals surface area contributed by atoms with Gasteiger partial charge in [-0.3, -0.25) is 24.1 Å². The van der Waals surface area contributed by atoms with Gasteiger partial charge in [0.25, 0.3) is 5.91 Å². The molecule has 226 valence electrons. The first-order valence-corrected chi connectivity index (χ1v) is 13.9. The van der Waals surface area contributed by atoms with Gasteiger partial charge < -0.3 is 30.7 Å². The molecular formula is C32H29N3O9. The molecule has 6 rings (SSSR count). The van der Waals surface area contributed by atoms with Gasteiger partial charge in [-0.2, -0.15) is 0 Å². The lowest BCUT2D eigenvalue weighted by Crippen LogP contribution is -2.65. The Labute approximate surface area is 250 Å². The Morgan fingerprint density at radius 1 is 1.11 bits per heavy atom. The van der Waals surface area contributed by atoms with Crippen molar-refractivity contribution < 1.29 is 44.1 Å². The highest BCUT2D eigenvalue weighted by atomic mass is 16.5. The van der Waals surface area contributed by atoms with Crippen LogP contribution in [-0.2, 0) is 27.2 Å². The van der Waals surface area contributed by atoms with E-state index < -0.39 is 58.0 Å². The number of phenols is 1. The van der Waals surface area contributed by atoms with Crippen LogP contribution in [0.1, 0.15) is 33.7 Å². The number of amides is 1. The molecular weight excluding hydrogens is 570 g/mol. The molecule has 1 saturated carbocycles. The van der Waals surface area contributed by atoms with Crippen LogP contribution in [0.2, 0.25) is 0 Å². The van der Waals surface area contributed by atoms with Crippen LogP contribution in [0.25, 0.3) is 16.9 Å². The number of aromatic hydroxyl groups is 1. The summed E-state index contributed by atoms with van der Waals surface area (Å²) in [6, 6.07) is 10.5. The van der Waals surface area contributed by atoms with Crippen molar-refractivity contribution in [2.45, 2.75) is 30.9 Å². The number of ketones is 3. The van der Waals surface area contributed by atoms with E-state index in [1.807, 2.05) is 6.07 Å². The summed E-state index contributed by atoms with van der Waals surface area (Å²) in [5, 5.41) is 48.7. The number of nitrogens with zero attached hydrogens (tertiary/aromatic N) is 2. The maximum atomic E-state index is 14.0. The molecule has 3 aromatic rings. The van der Waals surface area contributed by atoms with Crippen molar-refractivity contribution in [1.82, 2.24) is 10.1 Å². The average Bonchev–Trinajstić information content (AvgIpc) is 3.50. The van der Waals surface area contributed by atoms with Crippen LogP contribution in [0.3, 0.4) is 0 Å². The van der Waals surface area contributed by atoms with E-state index in [0.29, 0.717) is 22.3 Å². The minimum absolute atomic E-state index is 0.0121. The van der Waals surface area contributed by atoms with Gasteiger partial charge in [-0.15, -0.1) is 0 Å². The Kier molecular flexibility index (Phi) is 6.78. The number of fused-ring (bicyclic) bond motifs is 3. The fraction of sp³-hybridized carbons (Fsp3) is 0.281. The molecule has 12 nitrogen and oxygen atoms in total. The lowest BCUT2D eigenvalue weighted by molar-refractivity contribution is -0.153. The molecule has 0 bridgehead atoms. The van der Waals surface area contributed by atoms with Crippen LogP contribution in [0.5, 0.6) is 5.75 Å². The second kappa shape index (κ2) is 10.3. The van der Waals surface area contributed by atoms with Crippen molar-refractivity contribution in [3.63, 3.8) is 0 Å². The van der Waals surface area contributed by atoms with Gasteiger partial charge >= 0.3 is 0 Å². The normalized spacial score (nSPS) is 24.7. The lowest BCUT2D eigenvalue weighted by Gasteiger charge is -2.50. The predicted octanol–water partition coefficient (Wildman–Crippen LogP) is 2.04. The zero-order valence-corrected chi connectivity index (χ0v) is 23.8. The highest BCUT2D eigenvalue weighted by Crippen LogP contribution is 2.53. The molecule has 4 atom stereocenters. The van der Waals surface area contributed by atoms with E-state index in [2.05, 4.69) is 5.16 Å². The number of carbonyl (C=O) groups excluding carboxylic acids is 4. The third kappa shape index (κ3) is 4.17. The van der Waals surface area contributed by atoms with Crippen molar-refractivity contribution in [3.05, 3.63) is 88.0 Å². The fourth-order valence-corrected chi connectivity index (χ4v) is 7.00. The predicted molar refractivity (Wildman–Crippen MR) is 154 cm³/mol. The molecule has 0 aliphatic heterocycles. The molecule has 0 spiro atoms. The van der Waals surface area contributed by atoms with Crippen molar-refractivity contribution in [2.75, 3.05) is 14.1 Å². The second-order valence-electron chi connectivity index (χ2n) is 11.6. The molecule has 1 aromatic heterocycles. The molecule has 0 saturated heterocycles. The minimum atomic E-state index is -2.71. The van der Waals surface area contributed by atoms with Gasteiger partial charge in [0, 0.05) is 24.0 Å². The number of hydrogen-bond acceptors (Lipinski definition) is 11. The number of primary amides is 1. The van der Waals surface area contributed by atoms with Gasteiger partial charge in [-0.1, -0.05) is 35.5 Å². The lowest BCUT2D eigenvalue weighted by atomic mass is 9.57. The number of aromatic nitrogens is 1. The van der Waals surface area contributed by atoms with Crippen LogP contribution in [0.4, 0.5) is 0 Å². The van der Waals surface area contributed by atoms with Gasteiger partial charge in [0.05, 0.1) is 17.8 Å². The van der Waals surface area contributed by atoms with E-state index in [4.69, 9.17) is 10.3 Å². The first-order chi connectivity index (χ1) is 20.9. The summed E-state index contributed by atoms with van der Waals surface area (Å²) in [5.74, 6) is -7.22. The standard InChI is InChI=1S/C32H29N3O9/c1-35(2)26-19-13-16-12-18-17(15-5-3-4-14(10-15)11-21(37)22-8-9-34-44-22)6-7-20(36)24(18)27(38)23(16)29(40)32(19,43)30(41)25(28(26)39)31(33)42/h3-10,16,19,26,36,38,41,43H,11-13H2,1-2H3,(H2,33,42)/t16-,19-,26+,32-/m0/s1. The van der Waals surface area contributed by atoms with Gasteiger partial charge in [-0.05, 0) is 61.2 Å². The molecule has 0 radical (unpaired) electrons. The molecule has 1 fully saturated rings. The van der Waals surface area contributed by atoms with Crippen LogP contribution >= 0.6 is 0 Å². The summed E-state index contributed by atoms with van der Waals surface area (Å²) in [6.07, 6.45) is 1.54. The number of carbonyl (C=O) groups is 4. The van der Waals surface area contributed by atoms with Crippen LogP contribution in [0, 0.1) is 11.8 Å². The first-order valence-electron chi connectivity index (χ1n) is 13.9. The molecule has 3 aliphatic carbocycles. The number of benzene rings is 2. The van der Waals surface area contributed by atoms with Gasteiger partial charge in [0.1, 0.15) is 22.8 Å². The van der Waals surface area contributed by atoms with E-state index in [1.54, 1.807) is 38.4 Å². The minimum Gasteiger partial charge on any atom is -0.508 e. The summed E-state index contributed by atoms with van der Waals surface area (Å²) in [4.78, 5) is 53.6. The van der Waals surface area contributed by atoms with Gasteiger partial charge in [0.15, 0.2) is 11.4 Å². The Bertz CT molecular complexity index is 1820. The molecule has 6 N–H and O–H groups in total. The zero-order valence-electron chi connectivity index (χ0n) is 23.8. The zero-order chi connectivity index (χ0) is 31.7. The Morgan fingerprint density at radius 2 is 1.86 bits per heavy atom. The Hall–Kier alpha value is -5.07. The van der Waals surface area contributed by atoms with Crippen LogP contribution in [-0.4, -0.2) is 79.5 Å². The second-order valence-corrected chi connectivity index (χ2v) is 11.6. The topological polar surface area (TPSA) is 204 Å². The van der Waals surface area contributed by atoms with Crippen molar-refractivity contribution >= 4 is 29.0 Å². The number of Topliss-reactive ketones (excluding diaryl/α,β-unsaturated/α-hetero) is 3. The summed E-state index contributed by atoms with van der Waals surface area (Å²) >= 11 is 0. The van der Waals surface area contributed by atoms with Crippen molar-refractivity contribution in [3.8, 4) is 16.9 Å². The number of aliphatic hydroxyl groups is 3. The monoisotopic (exact) mass is 599 g/mol. The van der Waals surface area contributed by atoms with Crippen LogP contribution < -0.4 is 5.73 Å². The molecule has 12 heteroatoms. The largest absolute Gasteiger partial charge is 0.508 e. The summed E-state index contributed by atoms with van der Waals surface area (Å²) in [7, 11) is 3.09. The number of likely N-dealkylation sites (N-methyl/N-ethyl adjacent to an activating group) is 1. The Morgan fingerprint density at radius 3 is 2.52 bits per heavy atom. The van der Waals surface area contributed by atoms with E-state index >= 15 is 0 Å². The fourth-order valence-electron chi connectivity index (χ4n) is 7.00. The molecule has 3 aliphatic rings. The van der Waals surface area contributed by atoms with E-state index in [-0.39, 0.29) is 47.7 Å². The first kappa shape index (κ1) is 29.0. The third-order valence-corrected chi connectivity index (χ3v) is 8.92. The van der Waals surface area contributed by atoms with Crippen molar-refractivity contribution in [1.29, 1.82) is 0 Å². The van der Waals surface area contributed by atoms with E-state index in [1.165, 1.54) is 23.2 Å². The third-order valence-electron chi connectivity index (χ3n) is 8.92. The summed E-state index contributed by atoms with van der Waals surface area (Å²) in [5.41, 5.74) is 4.09. The highest BCUT2D eigenvalue weighted by molar-refractivity contribution is 6.24. The Balaban J connectivity index is 1.46. The summed E-state index contributed by atoms with van der Waals surface area (Å²) < 4.78 is 4.97. The highest BCUT2D eigenvalue weighted by Gasteiger charge is 2.64. The maximum absolute atomic E-state index is 14.0. The number of nitrogens with two attached hydrogens (primary N) is 1. The summed E-state index contributed by atoms with van der Waals surface area (Å²) in [6.45, 7) is 0.